The van der Waals surface area contributed by atoms with E-state index in [1.54, 1.807) is 11.0 Å². The summed E-state index contributed by atoms with van der Waals surface area (Å²) in [6.07, 6.45) is 2.14. The molecule has 19 heavy (non-hydrogen) atoms. The molecule has 1 aliphatic carbocycles. The first kappa shape index (κ1) is 13.2. The average Bonchev–Trinajstić information content (AvgIpc) is 2.44. The molecule has 1 aromatic rings. The summed E-state index contributed by atoms with van der Waals surface area (Å²) >= 11 is 12.4. The van der Waals surface area contributed by atoms with Gasteiger partial charge in [0.1, 0.15) is 0 Å². The van der Waals surface area contributed by atoms with Crippen LogP contribution >= 0.6 is 23.2 Å². The van der Waals surface area contributed by atoms with Crippen molar-refractivity contribution < 1.29 is 4.79 Å². The zero-order valence-electron chi connectivity index (χ0n) is 10.7. The zero-order chi connectivity index (χ0) is 13.8. The molecule has 1 saturated carbocycles. The highest BCUT2D eigenvalue weighted by molar-refractivity contribution is 6.42. The van der Waals surface area contributed by atoms with Crippen molar-refractivity contribution in [2.45, 2.75) is 30.7 Å². The maximum atomic E-state index is 12.6. The minimum Gasteiger partial charge on any atom is -0.345 e. The predicted molar refractivity (Wildman–Crippen MR) is 76.7 cm³/mol. The topological polar surface area (TPSA) is 46.3 Å². The molecular formula is C14H16Cl2N2O. The summed E-state index contributed by atoms with van der Waals surface area (Å²) < 4.78 is 0. The van der Waals surface area contributed by atoms with Gasteiger partial charge in [0.15, 0.2) is 0 Å². The van der Waals surface area contributed by atoms with Gasteiger partial charge in [-0.2, -0.15) is 0 Å². The van der Waals surface area contributed by atoms with Gasteiger partial charge in [-0.25, -0.2) is 0 Å². The lowest BCUT2D eigenvalue weighted by atomic mass is 9.60. The summed E-state index contributed by atoms with van der Waals surface area (Å²) in [6, 6.07) is 3.83. The highest BCUT2D eigenvalue weighted by Gasteiger charge is 2.53. The van der Waals surface area contributed by atoms with Gasteiger partial charge < -0.3 is 10.6 Å². The summed E-state index contributed by atoms with van der Waals surface area (Å²) in [5, 5.41) is 1.14. The van der Waals surface area contributed by atoms with Gasteiger partial charge in [0, 0.05) is 19.6 Å². The summed E-state index contributed by atoms with van der Waals surface area (Å²) in [5.41, 5.74) is 7.50. The second-order valence-electron chi connectivity index (χ2n) is 5.61. The van der Waals surface area contributed by atoms with Gasteiger partial charge in [-0.3, -0.25) is 4.79 Å². The molecule has 0 saturated heterocycles. The number of hydrogen-bond acceptors (Lipinski definition) is 2. The lowest BCUT2D eigenvalue weighted by Gasteiger charge is -2.46. The fourth-order valence-corrected chi connectivity index (χ4v) is 3.81. The van der Waals surface area contributed by atoms with E-state index in [0.717, 1.165) is 17.5 Å². The first-order chi connectivity index (χ1) is 8.95. The first-order valence-corrected chi connectivity index (χ1v) is 7.20. The van der Waals surface area contributed by atoms with E-state index in [1.165, 1.54) is 0 Å². The van der Waals surface area contributed by atoms with Gasteiger partial charge in [0.2, 0.25) is 5.91 Å². The number of amides is 1. The second-order valence-corrected chi connectivity index (χ2v) is 6.40. The van der Waals surface area contributed by atoms with E-state index >= 15 is 0 Å². The third kappa shape index (κ3) is 1.79. The lowest BCUT2D eigenvalue weighted by Crippen LogP contribution is -2.57. The zero-order valence-corrected chi connectivity index (χ0v) is 12.3. The molecule has 102 valence electrons. The van der Waals surface area contributed by atoms with Crippen LogP contribution in [0, 0.1) is 0 Å². The third-order valence-corrected chi connectivity index (χ3v) is 5.23. The van der Waals surface area contributed by atoms with E-state index in [4.69, 9.17) is 28.9 Å². The summed E-state index contributed by atoms with van der Waals surface area (Å²) in [7, 11) is 1.84. The highest BCUT2D eigenvalue weighted by atomic mass is 35.5. The fourth-order valence-electron chi connectivity index (χ4n) is 3.38. The van der Waals surface area contributed by atoms with E-state index in [0.29, 0.717) is 29.4 Å². The number of likely N-dealkylation sites (N-methyl/N-ethyl adjacent to an activating group) is 1. The van der Waals surface area contributed by atoms with Crippen LogP contribution in [0.1, 0.15) is 24.0 Å². The molecule has 1 spiro atoms. The van der Waals surface area contributed by atoms with Gasteiger partial charge in [-0.15, -0.1) is 0 Å². The van der Waals surface area contributed by atoms with Crippen molar-refractivity contribution in [3.05, 3.63) is 33.3 Å². The van der Waals surface area contributed by atoms with Crippen molar-refractivity contribution in [1.82, 2.24) is 4.90 Å². The van der Waals surface area contributed by atoms with Gasteiger partial charge in [-0.1, -0.05) is 29.3 Å². The Bertz CT molecular complexity index is 553. The minimum absolute atomic E-state index is 0.0951. The van der Waals surface area contributed by atoms with Crippen LogP contribution in [0.3, 0.4) is 0 Å². The Labute approximate surface area is 122 Å². The molecule has 0 unspecified atom stereocenters. The molecule has 2 N–H and O–H groups in total. The van der Waals surface area contributed by atoms with Gasteiger partial charge in [-0.05, 0) is 36.5 Å². The monoisotopic (exact) mass is 298 g/mol. The SMILES string of the molecule is CN1CCc2c(ccc(Cl)c2Cl)C2(CC(N)C2)C1=O. The van der Waals surface area contributed by atoms with Crippen LogP contribution in [0.15, 0.2) is 12.1 Å². The summed E-state index contributed by atoms with van der Waals surface area (Å²) in [5.74, 6) is 0.159. The fraction of sp³-hybridized carbons (Fsp3) is 0.500. The van der Waals surface area contributed by atoms with Crippen molar-refractivity contribution >= 4 is 29.1 Å². The number of nitrogens with zero attached hydrogens (tertiary/aromatic N) is 1. The molecule has 1 fully saturated rings. The molecule has 1 heterocycles. The van der Waals surface area contributed by atoms with E-state index in [-0.39, 0.29) is 11.9 Å². The van der Waals surface area contributed by atoms with Crippen molar-refractivity contribution in [2.75, 3.05) is 13.6 Å². The molecule has 3 rings (SSSR count). The Morgan fingerprint density at radius 2 is 2.05 bits per heavy atom. The summed E-state index contributed by atoms with van der Waals surface area (Å²) in [4.78, 5) is 14.4. The maximum absolute atomic E-state index is 12.6. The van der Waals surface area contributed by atoms with Gasteiger partial charge in [0.25, 0.3) is 0 Å². The van der Waals surface area contributed by atoms with E-state index in [9.17, 15) is 4.79 Å². The molecule has 0 atom stereocenters. The highest BCUT2D eigenvalue weighted by Crippen LogP contribution is 2.49. The molecule has 3 nitrogen and oxygen atoms in total. The maximum Gasteiger partial charge on any atom is 0.233 e. The van der Waals surface area contributed by atoms with E-state index in [1.807, 2.05) is 13.1 Å². The number of carbonyl (C=O) groups is 1. The molecule has 5 heteroatoms. The van der Waals surface area contributed by atoms with Crippen LogP contribution in [0.5, 0.6) is 0 Å². The molecule has 0 aromatic heterocycles. The predicted octanol–water partition coefficient (Wildman–Crippen LogP) is 2.37. The number of hydrogen-bond donors (Lipinski definition) is 1. The van der Waals surface area contributed by atoms with Gasteiger partial charge >= 0.3 is 0 Å². The molecule has 0 bridgehead atoms. The smallest absolute Gasteiger partial charge is 0.233 e. The van der Waals surface area contributed by atoms with Crippen molar-refractivity contribution in [3.63, 3.8) is 0 Å². The van der Waals surface area contributed by atoms with E-state index < -0.39 is 5.41 Å². The van der Waals surface area contributed by atoms with Gasteiger partial charge in [0.05, 0.1) is 15.5 Å². The number of fused-ring (bicyclic) bond motifs is 2. The number of carbonyl (C=O) groups excluding carboxylic acids is 1. The number of benzene rings is 1. The lowest BCUT2D eigenvalue weighted by molar-refractivity contribution is -0.139. The largest absolute Gasteiger partial charge is 0.345 e. The molecule has 2 aliphatic rings. The Balaban J connectivity index is 2.19. The Kier molecular flexibility index (Phi) is 3.04. The van der Waals surface area contributed by atoms with Crippen LogP contribution in [-0.2, 0) is 16.6 Å². The van der Waals surface area contributed by atoms with Crippen molar-refractivity contribution in [1.29, 1.82) is 0 Å². The minimum atomic E-state index is -0.478. The molecule has 0 radical (unpaired) electrons. The van der Waals surface area contributed by atoms with Crippen LogP contribution < -0.4 is 5.73 Å². The van der Waals surface area contributed by atoms with Crippen LogP contribution in [-0.4, -0.2) is 30.4 Å². The normalized spacial score (nSPS) is 30.0. The Morgan fingerprint density at radius 1 is 1.37 bits per heavy atom. The van der Waals surface area contributed by atoms with Crippen LogP contribution in [0.2, 0.25) is 10.0 Å². The van der Waals surface area contributed by atoms with Crippen LogP contribution in [0.4, 0.5) is 0 Å². The molecular weight excluding hydrogens is 283 g/mol. The van der Waals surface area contributed by atoms with E-state index in [2.05, 4.69) is 0 Å². The molecule has 1 amide bonds. The van der Waals surface area contributed by atoms with Crippen molar-refractivity contribution in [2.24, 2.45) is 5.73 Å². The molecule has 1 aromatic carbocycles. The number of nitrogens with two attached hydrogens (primary N) is 1. The second kappa shape index (κ2) is 4.37. The quantitative estimate of drug-likeness (QED) is 0.799. The Morgan fingerprint density at radius 3 is 2.68 bits per heavy atom. The molecule has 1 aliphatic heterocycles. The third-order valence-electron chi connectivity index (χ3n) is 4.39. The summed E-state index contributed by atoms with van der Waals surface area (Å²) in [6.45, 7) is 0.670. The number of rotatable bonds is 0. The average molecular weight is 299 g/mol. The number of halogens is 2. The first-order valence-electron chi connectivity index (χ1n) is 6.44. The Hall–Kier alpha value is -0.770. The standard InChI is InChI=1S/C14H16Cl2N2O/c1-18-5-4-9-10(2-3-11(15)12(9)16)14(13(18)19)6-8(17)7-14/h2-3,8H,4-7,17H2,1H3. The van der Waals surface area contributed by atoms with Crippen molar-refractivity contribution in [3.8, 4) is 0 Å². The van der Waals surface area contributed by atoms with Crippen LogP contribution in [0.25, 0.3) is 0 Å².